The Morgan fingerprint density at radius 1 is 1.03 bits per heavy atom. The molecule has 2 aromatic carbocycles. The first-order chi connectivity index (χ1) is 14.6. The highest BCUT2D eigenvalue weighted by atomic mass is 16.5. The lowest BCUT2D eigenvalue weighted by molar-refractivity contribution is 0.0941. The Morgan fingerprint density at radius 2 is 1.80 bits per heavy atom. The third kappa shape index (κ3) is 3.57. The summed E-state index contributed by atoms with van der Waals surface area (Å²) in [5.74, 6) is 1.03. The number of nitrogens with one attached hydrogen (secondary N) is 1. The molecule has 1 amide bonds. The fourth-order valence-electron chi connectivity index (χ4n) is 3.37. The van der Waals surface area contributed by atoms with Crippen LogP contribution in [0.2, 0.25) is 0 Å². The van der Waals surface area contributed by atoms with Crippen LogP contribution < -0.4 is 14.8 Å². The van der Waals surface area contributed by atoms with Crippen LogP contribution >= 0.6 is 0 Å². The number of benzene rings is 2. The first-order valence-corrected chi connectivity index (χ1v) is 9.53. The van der Waals surface area contributed by atoms with Crippen molar-refractivity contribution < 1.29 is 14.3 Å². The fraction of sp³-hybridized carbons (Fsp3) is 0.174. The molecule has 0 spiro atoms. The lowest BCUT2D eigenvalue weighted by Gasteiger charge is -2.13. The first kappa shape index (κ1) is 19.4. The molecule has 1 atom stereocenters. The van der Waals surface area contributed by atoms with Crippen molar-refractivity contribution in [3.63, 3.8) is 0 Å². The molecule has 7 heteroatoms. The van der Waals surface area contributed by atoms with Gasteiger partial charge in [0.05, 0.1) is 32.2 Å². The summed E-state index contributed by atoms with van der Waals surface area (Å²) in [6.45, 7) is 1.95. The molecule has 0 radical (unpaired) electrons. The van der Waals surface area contributed by atoms with Gasteiger partial charge in [0.1, 0.15) is 5.56 Å². The van der Waals surface area contributed by atoms with Crippen LogP contribution in [0.3, 0.4) is 0 Å². The van der Waals surface area contributed by atoms with Gasteiger partial charge in [-0.1, -0.05) is 30.3 Å². The van der Waals surface area contributed by atoms with E-state index in [-0.39, 0.29) is 11.9 Å². The van der Waals surface area contributed by atoms with Crippen molar-refractivity contribution in [1.29, 1.82) is 0 Å². The van der Waals surface area contributed by atoms with E-state index in [9.17, 15) is 4.79 Å². The highest BCUT2D eigenvalue weighted by Crippen LogP contribution is 2.32. The quantitative estimate of drug-likeness (QED) is 0.529. The van der Waals surface area contributed by atoms with E-state index in [2.05, 4.69) is 15.4 Å². The second kappa shape index (κ2) is 8.24. The van der Waals surface area contributed by atoms with Crippen molar-refractivity contribution in [2.24, 2.45) is 0 Å². The van der Waals surface area contributed by atoms with E-state index < -0.39 is 0 Å². The van der Waals surface area contributed by atoms with Gasteiger partial charge in [0.15, 0.2) is 17.1 Å². The Morgan fingerprint density at radius 3 is 2.53 bits per heavy atom. The number of amides is 1. The maximum atomic E-state index is 12.9. The standard InChI is InChI=1S/C23H22N4O3/c1-15(16-7-5-4-6-8-16)26-23(28)18-14-25-27-19(11-12-24-22(18)27)17-9-10-20(29-2)21(13-17)30-3/h4-15H,1-3H3,(H,26,28)/t15-/m0/s1. The van der Waals surface area contributed by atoms with Crippen LogP contribution in [-0.4, -0.2) is 34.7 Å². The van der Waals surface area contributed by atoms with Gasteiger partial charge < -0.3 is 14.8 Å². The highest BCUT2D eigenvalue weighted by Gasteiger charge is 2.19. The molecule has 4 aromatic rings. The van der Waals surface area contributed by atoms with Crippen molar-refractivity contribution >= 4 is 11.6 Å². The average molecular weight is 402 g/mol. The van der Waals surface area contributed by atoms with Gasteiger partial charge in [-0.2, -0.15) is 5.10 Å². The smallest absolute Gasteiger partial charge is 0.257 e. The molecule has 0 aliphatic rings. The Balaban J connectivity index is 1.68. The fourth-order valence-corrected chi connectivity index (χ4v) is 3.37. The monoisotopic (exact) mass is 402 g/mol. The molecule has 0 saturated heterocycles. The van der Waals surface area contributed by atoms with E-state index in [1.54, 1.807) is 31.1 Å². The number of ether oxygens (including phenoxy) is 2. The summed E-state index contributed by atoms with van der Waals surface area (Å²) in [6.07, 6.45) is 3.21. The summed E-state index contributed by atoms with van der Waals surface area (Å²) >= 11 is 0. The molecular weight excluding hydrogens is 380 g/mol. The second-order valence-corrected chi connectivity index (χ2v) is 6.80. The molecule has 0 saturated carbocycles. The molecule has 1 N–H and O–H groups in total. The molecular formula is C23H22N4O3. The van der Waals surface area contributed by atoms with Crippen LogP contribution in [0.4, 0.5) is 0 Å². The van der Waals surface area contributed by atoms with E-state index in [0.29, 0.717) is 22.7 Å². The number of nitrogens with zero attached hydrogens (tertiary/aromatic N) is 3. The summed E-state index contributed by atoms with van der Waals surface area (Å²) in [7, 11) is 3.19. The number of hydrogen-bond acceptors (Lipinski definition) is 5. The van der Waals surface area contributed by atoms with E-state index in [1.807, 2.05) is 61.5 Å². The van der Waals surface area contributed by atoms with Gasteiger partial charge in [0.2, 0.25) is 0 Å². The number of hydrogen-bond donors (Lipinski definition) is 1. The molecule has 0 fully saturated rings. The lowest BCUT2D eigenvalue weighted by Crippen LogP contribution is -2.26. The molecule has 7 nitrogen and oxygen atoms in total. The van der Waals surface area contributed by atoms with E-state index in [1.165, 1.54) is 0 Å². The maximum absolute atomic E-state index is 12.9. The van der Waals surface area contributed by atoms with E-state index in [0.717, 1.165) is 16.8 Å². The first-order valence-electron chi connectivity index (χ1n) is 9.53. The van der Waals surface area contributed by atoms with Crippen molar-refractivity contribution in [2.45, 2.75) is 13.0 Å². The van der Waals surface area contributed by atoms with Gasteiger partial charge >= 0.3 is 0 Å². The number of fused-ring (bicyclic) bond motifs is 1. The number of aromatic nitrogens is 3. The second-order valence-electron chi connectivity index (χ2n) is 6.80. The minimum Gasteiger partial charge on any atom is -0.493 e. The molecule has 2 heterocycles. The Bertz CT molecular complexity index is 1190. The summed E-state index contributed by atoms with van der Waals surface area (Å²) in [5.41, 5.74) is 3.59. The van der Waals surface area contributed by atoms with Gasteiger partial charge in [-0.3, -0.25) is 4.79 Å². The molecule has 0 unspecified atom stereocenters. The van der Waals surface area contributed by atoms with E-state index in [4.69, 9.17) is 9.47 Å². The Kier molecular flexibility index (Phi) is 5.34. The van der Waals surface area contributed by atoms with Crippen LogP contribution in [0.15, 0.2) is 67.0 Å². The van der Waals surface area contributed by atoms with Crippen molar-refractivity contribution in [2.75, 3.05) is 14.2 Å². The molecule has 2 aromatic heterocycles. The third-order valence-electron chi connectivity index (χ3n) is 4.97. The van der Waals surface area contributed by atoms with Crippen molar-refractivity contribution in [1.82, 2.24) is 19.9 Å². The normalized spacial score (nSPS) is 11.8. The van der Waals surface area contributed by atoms with Crippen LogP contribution in [0, 0.1) is 0 Å². The van der Waals surface area contributed by atoms with Crippen LogP contribution in [0.25, 0.3) is 16.9 Å². The Labute approximate surface area is 174 Å². The summed E-state index contributed by atoms with van der Waals surface area (Å²) in [4.78, 5) is 17.3. The van der Waals surface area contributed by atoms with Crippen molar-refractivity contribution in [3.8, 4) is 22.8 Å². The predicted molar refractivity (Wildman–Crippen MR) is 114 cm³/mol. The van der Waals surface area contributed by atoms with Crippen LogP contribution in [-0.2, 0) is 0 Å². The molecule has 4 rings (SSSR count). The number of carbonyl (C=O) groups is 1. The summed E-state index contributed by atoms with van der Waals surface area (Å²) in [5, 5.41) is 7.43. The minimum atomic E-state index is -0.224. The summed E-state index contributed by atoms with van der Waals surface area (Å²) in [6, 6.07) is 17.1. The number of carbonyl (C=O) groups excluding carboxylic acids is 1. The SMILES string of the molecule is COc1ccc(-c2ccnc3c(C(=O)N[C@@H](C)c4ccccc4)cnn23)cc1OC. The minimum absolute atomic E-state index is 0.136. The molecule has 30 heavy (non-hydrogen) atoms. The third-order valence-corrected chi connectivity index (χ3v) is 4.97. The van der Waals surface area contributed by atoms with Crippen molar-refractivity contribution in [3.05, 3.63) is 78.1 Å². The van der Waals surface area contributed by atoms with Gasteiger partial charge in [0, 0.05) is 11.8 Å². The molecule has 0 aliphatic heterocycles. The Hall–Kier alpha value is -3.87. The van der Waals surface area contributed by atoms with E-state index >= 15 is 0 Å². The maximum Gasteiger partial charge on any atom is 0.257 e. The largest absolute Gasteiger partial charge is 0.493 e. The van der Waals surface area contributed by atoms with Gasteiger partial charge in [-0.25, -0.2) is 9.50 Å². The average Bonchev–Trinajstić information content (AvgIpc) is 3.23. The topological polar surface area (TPSA) is 77.8 Å². The van der Waals surface area contributed by atoms with Gasteiger partial charge in [-0.05, 0) is 36.8 Å². The number of rotatable bonds is 6. The van der Waals surface area contributed by atoms with Gasteiger partial charge in [-0.15, -0.1) is 0 Å². The van der Waals surface area contributed by atoms with Crippen LogP contribution in [0.5, 0.6) is 11.5 Å². The molecule has 152 valence electrons. The molecule has 0 bridgehead atoms. The van der Waals surface area contributed by atoms with Gasteiger partial charge in [0.25, 0.3) is 5.91 Å². The predicted octanol–water partition coefficient (Wildman–Crippen LogP) is 3.90. The molecule has 0 aliphatic carbocycles. The highest BCUT2D eigenvalue weighted by molar-refractivity contribution is 6.00. The number of methoxy groups -OCH3 is 2. The lowest BCUT2D eigenvalue weighted by atomic mass is 10.1. The zero-order chi connectivity index (χ0) is 21.1. The zero-order valence-electron chi connectivity index (χ0n) is 17.0. The zero-order valence-corrected chi connectivity index (χ0v) is 17.0. The summed E-state index contributed by atoms with van der Waals surface area (Å²) < 4.78 is 12.4. The van der Waals surface area contributed by atoms with Crippen LogP contribution in [0.1, 0.15) is 28.9 Å².